The van der Waals surface area contributed by atoms with E-state index < -0.39 is 0 Å². The third kappa shape index (κ3) is 4.88. The molecule has 0 fully saturated rings. The molecule has 1 aromatic carbocycles. The van der Waals surface area contributed by atoms with Gasteiger partial charge in [-0.15, -0.1) is 5.10 Å². The summed E-state index contributed by atoms with van der Waals surface area (Å²) in [4.78, 5) is 21.1. The molecule has 0 bridgehead atoms. The largest absolute Gasteiger partial charge is 0.351 e. The van der Waals surface area contributed by atoms with Gasteiger partial charge in [0, 0.05) is 29.7 Å². The number of hydrogen-bond acceptors (Lipinski definition) is 6. The second-order valence-electron chi connectivity index (χ2n) is 6.16. The monoisotopic (exact) mass is 416 g/mol. The van der Waals surface area contributed by atoms with Gasteiger partial charge in [0.05, 0.1) is 11.4 Å². The molecule has 3 rings (SSSR count). The highest BCUT2D eigenvalue weighted by atomic mass is 35.5. The van der Waals surface area contributed by atoms with Gasteiger partial charge in [0.1, 0.15) is 0 Å². The van der Waals surface area contributed by atoms with Crippen LogP contribution < -0.4 is 5.32 Å². The van der Waals surface area contributed by atoms with Crippen LogP contribution >= 0.6 is 23.4 Å². The van der Waals surface area contributed by atoms with Crippen LogP contribution in [0.25, 0.3) is 5.69 Å². The maximum absolute atomic E-state index is 12.6. The molecule has 2 aromatic heterocycles. The normalized spacial score (nSPS) is 10.8. The first-order valence-corrected chi connectivity index (χ1v) is 10.4. The molecule has 3 aromatic rings. The van der Waals surface area contributed by atoms with Crippen molar-refractivity contribution < 1.29 is 4.79 Å². The predicted molar refractivity (Wildman–Crippen MR) is 110 cm³/mol. The number of amides is 1. The summed E-state index contributed by atoms with van der Waals surface area (Å²) in [6.45, 7) is 4.61. The summed E-state index contributed by atoms with van der Waals surface area (Å²) in [6.07, 6.45) is 5.28. The fourth-order valence-electron chi connectivity index (χ4n) is 2.48. The number of thioether (sulfide) groups is 1. The number of carbonyl (C=O) groups excluding carboxylic acids is 1. The first-order chi connectivity index (χ1) is 13.6. The Hall–Kier alpha value is -2.45. The smallest absolute Gasteiger partial charge is 0.273 e. The average Bonchev–Trinajstić information content (AvgIpc) is 3.13. The molecule has 0 spiro atoms. The summed E-state index contributed by atoms with van der Waals surface area (Å²) < 4.78 is 1.65. The second-order valence-corrected chi connectivity index (χ2v) is 7.51. The van der Waals surface area contributed by atoms with E-state index in [0.29, 0.717) is 33.9 Å². The number of aryl methyl sites for hydroxylation is 1. The van der Waals surface area contributed by atoms with E-state index in [9.17, 15) is 4.79 Å². The van der Waals surface area contributed by atoms with Crippen LogP contribution in [0, 0.1) is 6.92 Å². The van der Waals surface area contributed by atoms with E-state index in [0.717, 1.165) is 24.1 Å². The average molecular weight is 417 g/mol. The van der Waals surface area contributed by atoms with E-state index in [4.69, 9.17) is 11.6 Å². The lowest BCUT2D eigenvalue weighted by molar-refractivity contribution is 0.0947. The lowest BCUT2D eigenvalue weighted by Gasteiger charge is -2.09. The van der Waals surface area contributed by atoms with E-state index in [1.54, 1.807) is 23.1 Å². The minimum Gasteiger partial charge on any atom is -0.351 e. The zero-order valence-corrected chi connectivity index (χ0v) is 17.3. The van der Waals surface area contributed by atoms with Gasteiger partial charge in [-0.2, -0.15) is 0 Å². The van der Waals surface area contributed by atoms with Gasteiger partial charge in [0.15, 0.2) is 10.9 Å². The molecule has 0 aliphatic rings. The molecule has 0 saturated carbocycles. The quantitative estimate of drug-likeness (QED) is 0.341. The summed E-state index contributed by atoms with van der Waals surface area (Å²) in [5.74, 6) is 0.210. The Morgan fingerprint density at radius 2 is 2.07 bits per heavy atom. The first-order valence-electron chi connectivity index (χ1n) is 8.99. The molecule has 2 heterocycles. The Kier molecular flexibility index (Phi) is 7.00. The van der Waals surface area contributed by atoms with E-state index in [1.165, 1.54) is 11.8 Å². The van der Waals surface area contributed by atoms with Gasteiger partial charge in [0.25, 0.3) is 5.91 Å². The van der Waals surface area contributed by atoms with Gasteiger partial charge in [-0.3, -0.25) is 4.79 Å². The fraction of sp³-hybridized carbons (Fsp3) is 0.316. The molecule has 0 aliphatic carbocycles. The number of carbonyl (C=O) groups is 1. The number of hydrogen-bond donors (Lipinski definition) is 1. The van der Waals surface area contributed by atoms with Crippen LogP contribution in [-0.4, -0.2) is 37.4 Å². The van der Waals surface area contributed by atoms with E-state index in [1.807, 2.05) is 25.1 Å². The van der Waals surface area contributed by atoms with E-state index >= 15 is 0 Å². The van der Waals surface area contributed by atoms with Crippen LogP contribution in [0.3, 0.4) is 0 Å². The van der Waals surface area contributed by atoms with Gasteiger partial charge in [0.2, 0.25) is 0 Å². The summed E-state index contributed by atoms with van der Waals surface area (Å²) in [6, 6.07) is 7.40. The molecular formula is C19H21ClN6OS. The molecule has 28 heavy (non-hydrogen) atoms. The number of benzene rings is 1. The first kappa shape index (κ1) is 20.3. The summed E-state index contributed by atoms with van der Waals surface area (Å²) in [5.41, 5.74) is 2.69. The van der Waals surface area contributed by atoms with Crippen LogP contribution in [0.2, 0.25) is 5.02 Å². The predicted octanol–water partition coefficient (Wildman–Crippen LogP) is 3.84. The van der Waals surface area contributed by atoms with Crippen LogP contribution in [0.4, 0.5) is 0 Å². The number of nitrogens with zero attached hydrogens (tertiary/aromatic N) is 5. The number of rotatable bonds is 8. The summed E-state index contributed by atoms with van der Waals surface area (Å²) in [5, 5.41) is 12.5. The maximum atomic E-state index is 12.6. The van der Waals surface area contributed by atoms with Crippen LogP contribution in [-0.2, 0) is 5.75 Å². The van der Waals surface area contributed by atoms with Crippen molar-refractivity contribution in [2.24, 2.45) is 0 Å². The molecule has 0 radical (unpaired) electrons. The molecular weight excluding hydrogens is 396 g/mol. The number of unbranched alkanes of at least 4 members (excludes halogenated alkanes) is 1. The molecule has 0 aliphatic heterocycles. The van der Waals surface area contributed by atoms with Gasteiger partial charge >= 0.3 is 0 Å². The summed E-state index contributed by atoms with van der Waals surface area (Å²) >= 11 is 7.70. The zero-order valence-electron chi connectivity index (χ0n) is 15.7. The van der Waals surface area contributed by atoms with Crippen molar-refractivity contribution in [3.8, 4) is 5.69 Å². The van der Waals surface area contributed by atoms with Crippen LogP contribution in [0.1, 0.15) is 41.5 Å². The molecule has 1 N–H and O–H groups in total. The molecule has 0 atom stereocenters. The Labute approximate surface area is 172 Å². The zero-order chi connectivity index (χ0) is 19.9. The van der Waals surface area contributed by atoms with Crippen molar-refractivity contribution in [2.75, 3.05) is 6.54 Å². The highest BCUT2D eigenvalue weighted by Gasteiger charge is 2.21. The molecule has 0 unspecified atom stereocenters. The number of nitrogens with one attached hydrogen (secondary N) is 1. The lowest BCUT2D eigenvalue weighted by Crippen LogP contribution is -2.26. The highest BCUT2D eigenvalue weighted by Crippen LogP contribution is 2.25. The van der Waals surface area contributed by atoms with Crippen molar-refractivity contribution in [2.45, 2.75) is 37.6 Å². The highest BCUT2D eigenvalue weighted by molar-refractivity contribution is 7.98. The van der Waals surface area contributed by atoms with Gasteiger partial charge in [-0.25, -0.2) is 14.6 Å². The Bertz CT molecular complexity index is 947. The van der Waals surface area contributed by atoms with Gasteiger partial charge in [-0.05, 0) is 37.1 Å². The molecule has 9 heteroatoms. The minimum absolute atomic E-state index is 0.234. The second kappa shape index (κ2) is 9.66. The molecule has 7 nitrogen and oxygen atoms in total. The topological polar surface area (TPSA) is 85.6 Å². The van der Waals surface area contributed by atoms with Crippen molar-refractivity contribution >= 4 is 29.3 Å². The maximum Gasteiger partial charge on any atom is 0.273 e. The summed E-state index contributed by atoms with van der Waals surface area (Å²) in [7, 11) is 0. The standard InChI is InChI=1S/C19H21ClN6OS/c1-3-4-8-21-18(27)17-16(12-28-19-22-9-5-10-23-19)26(25-24-17)14-7-6-13(2)15(20)11-14/h5-7,9-11H,3-4,8,12H2,1-2H3,(H,21,27). The van der Waals surface area contributed by atoms with Crippen molar-refractivity contribution in [1.82, 2.24) is 30.3 Å². The minimum atomic E-state index is -0.234. The molecule has 146 valence electrons. The third-order valence-corrected chi connectivity index (χ3v) is 5.37. The van der Waals surface area contributed by atoms with Crippen molar-refractivity contribution in [1.29, 1.82) is 0 Å². The van der Waals surface area contributed by atoms with Crippen molar-refractivity contribution in [3.05, 3.63) is 58.6 Å². The van der Waals surface area contributed by atoms with Crippen LogP contribution in [0.5, 0.6) is 0 Å². The Morgan fingerprint density at radius 3 is 2.79 bits per heavy atom. The Balaban J connectivity index is 1.92. The molecule has 1 amide bonds. The van der Waals surface area contributed by atoms with Gasteiger partial charge in [-0.1, -0.05) is 48.0 Å². The van der Waals surface area contributed by atoms with Gasteiger partial charge < -0.3 is 5.32 Å². The fourth-order valence-corrected chi connectivity index (χ4v) is 3.45. The number of halogens is 1. The van der Waals surface area contributed by atoms with E-state index in [-0.39, 0.29) is 5.91 Å². The lowest BCUT2D eigenvalue weighted by atomic mass is 10.2. The Morgan fingerprint density at radius 1 is 1.29 bits per heavy atom. The van der Waals surface area contributed by atoms with Crippen LogP contribution in [0.15, 0.2) is 41.8 Å². The third-order valence-electron chi connectivity index (χ3n) is 4.07. The molecule has 0 saturated heterocycles. The van der Waals surface area contributed by atoms with E-state index in [2.05, 4.69) is 32.5 Å². The van der Waals surface area contributed by atoms with Crippen molar-refractivity contribution in [3.63, 3.8) is 0 Å². The SMILES string of the molecule is CCCCNC(=O)c1nnn(-c2ccc(C)c(Cl)c2)c1CSc1ncccn1. The number of aromatic nitrogens is 5.